The van der Waals surface area contributed by atoms with Crippen LogP contribution in [0, 0.1) is 0 Å². The molecular formula is C54H88O6. The molecule has 0 aromatic rings. The van der Waals surface area contributed by atoms with Gasteiger partial charge in [-0.1, -0.05) is 221 Å². The maximum atomic E-state index is 12.7. The molecule has 340 valence electrons. The monoisotopic (exact) mass is 833 g/mol. The molecule has 0 aliphatic carbocycles. The summed E-state index contributed by atoms with van der Waals surface area (Å²) >= 11 is 0. The average Bonchev–Trinajstić information content (AvgIpc) is 3.24. The molecule has 0 fully saturated rings. The van der Waals surface area contributed by atoms with Crippen LogP contribution in [0.4, 0.5) is 0 Å². The van der Waals surface area contributed by atoms with Crippen LogP contribution in [0.5, 0.6) is 0 Å². The zero-order valence-electron chi connectivity index (χ0n) is 38.7. The Hall–Kier alpha value is -3.67. The summed E-state index contributed by atoms with van der Waals surface area (Å²) in [6, 6.07) is 0. The van der Waals surface area contributed by atoms with Crippen LogP contribution in [-0.2, 0) is 28.6 Å². The summed E-state index contributed by atoms with van der Waals surface area (Å²) in [6.07, 6.45) is 63.0. The molecule has 0 aromatic carbocycles. The summed E-state index contributed by atoms with van der Waals surface area (Å²) in [7, 11) is 0. The van der Waals surface area contributed by atoms with Crippen molar-refractivity contribution >= 4 is 17.9 Å². The van der Waals surface area contributed by atoms with E-state index in [0.717, 1.165) is 70.6 Å². The Morgan fingerprint density at radius 3 is 1.13 bits per heavy atom. The minimum atomic E-state index is -0.850. The third-order valence-corrected chi connectivity index (χ3v) is 9.88. The fraction of sp³-hybridized carbons (Fsp3) is 0.648. The van der Waals surface area contributed by atoms with Gasteiger partial charge in [0.1, 0.15) is 13.2 Å². The predicted molar refractivity (Wildman–Crippen MR) is 256 cm³/mol. The van der Waals surface area contributed by atoms with Crippen molar-refractivity contribution in [1.29, 1.82) is 0 Å². The quantitative estimate of drug-likeness (QED) is 0.0264. The molecule has 1 unspecified atom stereocenters. The third-order valence-electron chi connectivity index (χ3n) is 9.88. The molecule has 0 heterocycles. The zero-order valence-corrected chi connectivity index (χ0v) is 38.7. The van der Waals surface area contributed by atoms with Crippen molar-refractivity contribution in [2.24, 2.45) is 0 Å². The maximum Gasteiger partial charge on any atom is 0.309 e. The average molecular weight is 833 g/mol. The molecule has 0 rings (SSSR count). The van der Waals surface area contributed by atoms with Crippen molar-refractivity contribution < 1.29 is 28.6 Å². The summed E-state index contributed by atoms with van der Waals surface area (Å²) < 4.78 is 16.5. The Balaban J connectivity index is 4.48. The summed E-state index contributed by atoms with van der Waals surface area (Å²) in [5.74, 6) is -1.15. The first-order valence-corrected chi connectivity index (χ1v) is 24.2. The van der Waals surface area contributed by atoms with Gasteiger partial charge in [-0.15, -0.1) is 0 Å². The fourth-order valence-corrected chi connectivity index (χ4v) is 6.32. The molecule has 0 saturated heterocycles. The summed E-state index contributed by atoms with van der Waals surface area (Å²) in [5, 5.41) is 0. The molecule has 0 N–H and O–H groups in total. The number of allylic oxidation sites excluding steroid dienone is 15. The Morgan fingerprint density at radius 2 is 0.717 bits per heavy atom. The number of hydrogen-bond acceptors (Lipinski definition) is 6. The van der Waals surface area contributed by atoms with Crippen molar-refractivity contribution in [3.63, 3.8) is 0 Å². The molecule has 0 spiro atoms. The first-order valence-electron chi connectivity index (χ1n) is 24.2. The lowest BCUT2D eigenvalue weighted by molar-refractivity contribution is -0.166. The van der Waals surface area contributed by atoms with Gasteiger partial charge in [-0.3, -0.25) is 14.4 Å². The van der Waals surface area contributed by atoms with Crippen LogP contribution in [0.15, 0.2) is 97.2 Å². The molecule has 0 aliphatic heterocycles. The molecule has 1 atom stereocenters. The molecule has 6 nitrogen and oxygen atoms in total. The highest BCUT2D eigenvalue weighted by Gasteiger charge is 2.19. The number of esters is 3. The van der Waals surface area contributed by atoms with E-state index < -0.39 is 18.0 Å². The smallest absolute Gasteiger partial charge is 0.309 e. The first-order chi connectivity index (χ1) is 29.5. The van der Waals surface area contributed by atoms with E-state index >= 15 is 0 Å². The molecule has 0 aliphatic rings. The van der Waals surface area contributed by atoms with E-state index in [2.05, 4.69) is 93.7 Å². The van der Waals surface area contributed by atoms with Crippen LogP contribution in [0.3, 0.4) is 0 Å². The van der Waals surface area contributed by atoms with Gasteiger partial charge in [-0.05, 0) is 64.2 Å². The highest BCUT2D eigenvalue weighted by atomic mass is 16.6. The maximum absolute atomic E-state index is 12.7. The van der Waals surface area contributed by atoms with Gasteiger partial charge >= 0.3 is 17.9 Å². The summed E-state index contributed by atoms with van der Waals surface area (Å²) in [4.78, 5) is 37.7. The Labute approximate surface area is 368 Å². The highest BCUT2D eigenvalue weighted by Crippen LogP contribution is 2.15. The van der Waals surface area contributed by atoms with Crippen molar-refractivity contribution in [2.75, 3.05) is 13.2 Å². The van der Waals surface area contributed by atoms with Crippen LogP contribution in [0.1, 0.15) is 207 Å². The van der Waals surface area contributed by atoms with Gasteiger partial charge in [0.05, 0.1) is 6.42 Å². The first kappa shape index (κ1) is 56.3. The van der Waals surface area contributed by atoms with Gasteiger partial charge in [0, 0.05) is 12.8 Å². The van der Waals surface area contributed by atoms with E-state index in [1.165, 1.54) is 89.9 Å². The van der Waals surface area contributed by atoms with E-state index in [-0.39, 0.29) is 32.0 Å². The van der Waals surface area contributed by atoms with Crippen LogP contribution < -0.4 is 0 Å². The molecule has 6 heteroatoms. The second kappa shape index (κ2) is 48.0. The van der Waals surface area contributed by atoms with Crippen LogP contribution in [0.2, 0.25) is 0 Å². The number of carbonyl (C=O) groups is 3. The number of ether oxygens (including phenoxy) is 3. The minimum absolute atomic E-state index is 0.118. The summed E-state index contributed by atoms with van der Waals surface area (Å²) in [5.41, 5.74) is 0. The molecule has 0 amide bonds. The van der Waals surface area contributed by atoms with Crippen molar-refractivity contribution in [3.8, 4) is 0 Å². The molecule has 0 radical (unpaired) electrons. The zero-order chi connectivity index (χ0) is 43.7. The normalized spacial score (nSPS) is 12.9. The second-order valence-electron chi connectivity index (χ2n) is 15.6. The van der Waals surface area contributed by atoms with E-state index in [0.29, 0.717) is 12.8 Å². The van der Waals surface area contributed by atoms with Gasteiger partial charge in [0.25, 0.3) is 0 Å². The van der Waals surface area contributed by atoms with E-state index in [1.807, 2.05) is 18.2 Å². The van der Waals surface area contributed by atoms with E-state index in [4.69, 9.17) is 14.2 Å². The molecule has 60 heavy (non-hydrogen) atoms. The van der Waals surface area contributed by atoms with Crippen molar-refractivity contribution in [2.45, 2.75) is 213 Å². The standard InChI is InChI=1S/C54H88O6/c1-4-7-10-13-16-19-21-23-25-27-29-30-32-35-38-41-44-47-53(56)59-50-51(49-58-52(55)46-43-40-37-34-18-15-12-9-6-3)60-54(57)48-45-42-39-36-33-31-28-26-24-22-20-17-14-11-8-5-2/h8-9,11-12,17-18,20,24,26,31,33-34,39-40,42-43,51H,4-7,10,13-16,19,21-23,25,27-30,32,35-38,41,44-50H2,1-3H3/b11-8-,12-9-,20-17-,26-24-,33-31-,34-18-,42-39-,43-40-. The minimum Gasteiger partial charge on any atom is -0.462 e. The van der Waals surface area contributed by atoms with E-state index in [1.54, 1.807) is 6.08 Å². The topological polar surface area (TPSA) is 78.9 Å². The molecule has 0 aromatic heterocycles. The SMILES string of the molecule is CC/C=C\C/C=C\C/C=C\C/C=C\C/C=C\CCC(=O)OC(COC(=O)C/C=C\C/C=C\C/C=C\CC)COC(=O)CCCCCCCCCCCCCCCCCCC. The van der Waals surface area contributed by atoms with Gasteiger partial charge in [0.15, 0.2) is 6.10 Å². The number of hydrogen-bond donors (Lipinski definition) is 0. The Morgan fingerprint density at radius 1 is 0.367 bits per heavy atom. The number of carbonyl (C=O) groups excluding carboxylic acids is 3. The van der Waals surface area contributed by atoms with Crippen molar-refractivity contribution in [1.82, 2.24) is 0 Å². The lowest BCUT2D eigenvalue weighted by Gasteiger charge is -2.18. The lowest BCUT2D eigenvalue weighted by atomic mass is 10.0. The Kier molecular flexibility index (Phi) is 45.1. The number of unbranched alkanes of at least 4 members (excludes halogenated alkanes) is 16. The predicted octanol–water partition coefficient (Wildman–Crippen LogP) is 15.8. The highest BCUT2D eigenvalue weighted by molar-refractivity contribution is 5.72. The van der Waals surface area contributed by atoms with Crippen molar-refractivity contribution in [3.05, 3.63) is 97.2 Å². The largest absolute Gasteiger partial charge is 0.462 e. The van der Waals surface area contributed by atoms with Gasteiger partial charge in [-0.2, -0.15) is 0 Å². The molecular weight excluding hydrogens is 745 g/mol. The van der Waals surface area contributed by atoms with Crippen LogP contribution in [0.25, 0.3) is 0 Å². The Bertz CT molecular complexity index is 1230. The second-order valence-corrected chi connectivity index (χ2v) is 15.6. The summed E-state index contributed by atoms with van der Waals surface area (Å²) in [6.45, 7) is 6.23. The third kappa shape index (κ3) is 45.4. The van der Waals surface area contributed by atoms with Crippen LogP contribution >= 0.6 is 0 Å². The van der Waals surface area contributed by atoms with Gasteiger partial charge < -0.3 is 14.2 Å². The van der Waals surface area contributed by atoms with Crippen LogP contribution in [-0.4, -0.2) is 37.2 Å². The van der Waals surface area contributed by atoms with Gasteiger partial charge in [0.2, 0.25) is 0 Å². The molecule has 0 saturated carbocycles. The molecule has 0 bridgehead atoms. The lowest BCUT2D eigenvalue weighted by Crippen LogP contribution is -2.30. The van der Waals surface area contributed by atoms with Gasteiger partial charge in [-0.25, -0.2) is 0 Å². The van der Waals surface area contributed by atoms with E-state index in [9.17, 15) is 14.4 Å². The fourth-order valence-electron chi connectivity index (χ4n) is 6.32. The number of rotatable bonds is 42.